The molecule has 0 aliphatic rings. The molecule has 5 heteroatoms. The third-order valence-electron chi connectivity index (χ3n) is 6.19. The van der Waals surface area contributed by atoms with Crippen molar-refractivity contribution in [3.8, 4) is 0 Å². The van der Waals surface area contributed by atoms with Gasteiger partial charge in [0.1, 0.15) is 0 Å². The van der Waals surface area contributed by atoms with Crippen molar-refractivity contribution >= 4 is 33.9 Å². The number of quaternary nitrogens is 1. The average molecular weight is 438 g/mol. The molecule has 166 valence electrons. The lowest BCUT2D eigenvalue weighted by Gasteiger charge is -2.27. The molecule has 0 radical (unpaired) electrons. The summed E-state index contributed by atoms with van der Waals surface area (Å²) in [7, 11) is 0. The van der Waals surface area contributed by atoms with Crippen LogP contribution in [0, 0.1) is 20.8 Å². The Morgan fingerprint density at radius 3 is 2.42 bits per heavy atom. The van der Waals surface area contributed by atoms with Gasteiger partial charge in [-0.25, -0.2) is 0 Å². The summed E-state index contributed by atoms with van der Waals surface area (Å²) in [5.74, 6) is 0. The lowest BCUT2D eigenvalue weighted by atomic mass is 10.1. The number of nitrogens with zero attached hydrogens (tertiary/aromatic N) is 1. The van der Waals surface area contributed by atoms with Crippen LogP contribution in [-0.4, -0.2) is 41.2 Å². The van der Waals surface area contributed by atoms with Crippen LogP contribution in [0.2, 0.25) is 0 Å². The van der Waals surface area contributed by atoms with Crippen molar-refractivity contribution in [2.24, 2.45) is 0 Å². The minimum Gasteiger partial charge on any atom is -0.361 e. The lowest BCUT2D eigenvalue weighted by molar-refractivity contribution is -0.896. The van der Waals surface area contributed by atoms with E-state index in [2.05, 4.69) is 92.4 Å². The van der Waals surface area contributed by atoms with Crippen LogP contribution in [-0.2, 0) is 6.54 Å². The zero-order valence-corrected chi connectivity index (χ0v) is 20.5. The second-order valence-corrected chi connectivity index (χ2v) is 8.93. The molecule has 0 atom stereocenters. The number of anilines is 1. The maximum atomic E-state index is 5.94. The number of fused-ring (bicyclic) bond motifs is 1. The van der Waals surface area contributed by atoms with Gasteiger partial charge in [-0.15, -0.1) is 0 Å². The number of benzene rings is 2. The van der Waals surface area contributed by atoms with Gasteiger partial charge in [0, 0.05) is 42.3 Å². The maximum Gasteiger partial charge on any atom is 0.173 e. The summed E-state index contributed by atoms with van der Waals surface area (Å²) in [5.41, 5.74) is 7.35. The van der Waals surface area contributed by atoms with Gasteiger partial charge in [0.2, 0.25) is 0 Å². The third-order valence-corrected chi connectivity index (χ3v) is 6.55. The molecule has 1 heterocycles. The number of thiocarbonyl (C=S) groups is 1. The molecule has 0 unspecified atom stereocenters. The smallest absolute Gasteiger partial charge is 0.173 e. The molecule has 3 N–H and O–H groups in total. The Kier molecular flexibility index (Phi) is 8.10. The quantitative estimate of drug-likeness (QED) is 0.428. The summed E-state index contributed by atoms with van der Waals surface area (Å²) in [5, 5.41) is 5.64. The number of nitrogens with one attached hydrogen (secondary N) is 3. The lowest BCUT2D eigenvalue weighted by Crippen LogP contribution is -3.11. The predicted molar refractivity (Wildman–Crippen MR) is 137 cm³/mol. The summed E-state index contributed by atoms with van der Waals surface area (Å²) in [4.78, 5) is 7.37. The molecule has 2 aromatic carbocycles. The molecule has 0 spiro atoms. The zero-order valence-electron chi connectivity index (χ0n) is 19.6. The van der Waals surface area contributed by atoms with Crippen LogP contribution in [0.3, 0.4) is 0 Å². The molecular formula is C26H37N4S+. The summed E-state index contributed by atoms with van der Waals surface area (Å²) in [6.45, 7) is 16.2. The van der Waals surface area contributed by atoms with E-state index in [0.717, 1.165) is 30.3 Å². The van der Waals surface area contributed by atoms with Gasteiger partial charge in [-0.2, -0.15) is 0 Å². The highest BCUT2D eigenvalue weighted by Crippen LogP contribution is 2.24. The van der Waals surface area contributed by atoms with Crippen molar-refractivity contribution in [3.63, 3.8) is 0 Å². The van der Waals surface area contributed by atoms with Gasteiger partial charge in [-0.3, -0.25) is 0 Å². The van der Waals surface area contributed by atoms with E-state index in [4.69, 9.17) is 12.2 Å². The standard InChI is InChI=1S/C26H36N4S/c1-6-29(7-2)13-10-14-30(18-22-17-27-24-12-9-8-11-23(22)24)26(31)28-25-20(4)15-19(3)16-21(25)5/h8-9,11-12,15-17,27H,6-7,10,13-14,18H2,1-5H3,(H,28,31)/p+1. The van der Waals surface area contributed by atoms with Gasteiger partial charge in [0.15, 0.2) is 5.11 Å². The first-order valence-corrected chi connectivity index (χ1v) is 11.9. The monoisotopic (exact) mass is 437 g/mol. The Balaban J connectivity index is 1.80. The fourth-order valence-electron chi connectivity index (χ4n) is 4.41. The van der Waals surface area contributed by atoms with Crippen LogP contribution in [0.25, 0.3) is 10.9 Å². The van der Waals surface area contributed by atoms with Gasteiger partial charge in [-0.1, -0.05) is 35.9 Å². The van der Waals surface area contributed by atoms with Crippen LogP contribution >= 0.6 is 12.2 Å². The Labute approximate surface area is 192 Å². The van der Waals surface area contributed by atoms with E-state index >= 15 is 0 Å². The number of para-hydroxylation sites is 1. The normalized spacial score (nSPS) is 11.3. The summed E-state index contributed by atoms with van der Waals surface area (Å²) in [6.07, 6.45) is 3.24. The van der Waals surface area contributed by atoms with E-state index in [1.54, 1.807) is 4.90 Å². The van der Waals surface area contributed by atoms with Crippen molar-refractivity contribution in [1.29, 1.82) is 0 Å². The van der Waals surface area contributed by atoms with E-state index in [1.165, 1.54) is 52.8 Å². The fourth-order valence-corrected chi connectivity index (χ4v) is 4.67. The molecule has 1 aromatic heterocycles. The molecule has 0 amide bonds. The average Bonchev–Trinajstić information content (AvgIpc) is 3.15. The predicted octanol–water partition coefficient (Wildman–Crippen LogP) is 4.61. The van der Waals surface area contributed by atoms with Crippen molar-refractivity contribution in [2.75, 3.05) is 31.5 Å². The molecule has 0 saturated heterocycles. The highest BCUT2D eigenvalue weighted by molar-refractivity contribution is 7.80. The number of aryl methyl sites for hydroxylation is 3. The number of aromatic nitrogens is 1. The highest BCUT2D eigenvalue weighted by Gasteiger charge is 2.16. The molecule has 0 aliphatic carbocycles. The first-order valence-electron chi connectivity index (χ1n) is 11.4. The molecule has 0 aliphatic heterocycles. The number of aromatic amines is 1. The first-order chi connectivity index (χ1) is 14.9. The van der Waals surface area contributed by atoms with Crippen molar-refractivity contribution in [1.82, 2.24) is 9.88 Å². The second-order valence-electron chi connectivity index (χ2n) is 8.55. The molecule has 0 fully saturated rings. The highest BCUT2D eigenvalue weighted by atomic mass is 32.1. The van der Waals surface area contributed by atoms with E-state index in [-0.39, 0.29) is 0 Å². The summed E-state index contributed by atoms with van der Waals surface area (Å²) in [6, 6.07) is 12.9. The van der Waals surface area contributed by atoms with E-state index in [9.17, 15) is 0 Å². The van der Waals surface area contributed by atoms with E-state index in [0.29, 0.717) is 0 Å². The SMILES string of the molecule is CC[NH+](CC)CCCN(Cc1c[nH]c2ccccc12)C(=S)Nc1c(C)cc(C)cc1C. The van der Waals surface area contributed by atoms with Gasteiger partial charge in [0.05, 0.1) is 19.6 Å². The van der Waals surface area contributed by atoms with Crippen LogP contribution in [0.5, 0.6) is 0 Å². The van der Waals surface area contributed by atoms with Gasteiger partial charge in [0.25, 0.3) is 0 Å². The van der Waals surface area contributed by atoms with Crippen LogP contribution < -0.4 is 10.2 Å². The number of H-pyrrole nitrogens is 1. The second kappa shape index (κ2) is 10.8. The topological polar surface area (TPSA) is 35.5 Å². The van der Waals surface area contributed by atoms with Crippen molar-refractivity contribution in [2.45, 2.75) is 47.6 Å². The van der Waals surface area contributed by atoms with Crippen molar-refractivity contribution in [3.05, 3.63) is 64.8 Å². The number of hydrogen-bond acceptors (Lipinski definition) is 1. The molecular weight excluding hydrogens is 400 g/mol. The molecule has 3 rings (SSSR count). The Morgan fingerprint density at radius 2 is 1.74 bits per heavy atom. The minimum atomic E-state index is 0.799. The number of hydrogen-bond donors (Lipinski definition) is 3. The Morgan fingerprint density at radius 1 is 1.06 bits per heavy atom. The Hall–Kier alpha value is -2.37. The maximum absolute atomic E-state index is 5.94. The molecule has 0 saturated carbocycles. The summed E-state index contributed by atoms with van der Waals surface area (Å²) >= 11 is 5.94. The molecule has 4 nitrogen and oxygen atoms in total. The van der Waals surface area contributed by atoms with Gasteiger partial charge >= 0.3 is 0 Å². The molecule has 3 aromatic rings. The van der Waals surface area contributed by atoms with Crippen LogP contribution in [0.1, 0.15) is 42.5 Å². The van der Waals surface area contributed by atoms with Gasteiger partial charge < -0.3 is 20.1 Å². The third kappa shape index (κ3) is 5.86. The fraction of sp³-hybridized carbons (Fsp3) is 0.423. The number of rotatable bonds is 9. The van der Waals surface area contributed by atoms with Gasteiger partial charge in [-0.05, 0) is 69.6 Å². The van der Waals surface area contributed by atoms with E-state index < -0.39 is 0 Å². The van der Waals surface area contributed by atoms with Crippen molar-refractivity contribution < 1.29 is 4.90 Å². The molecule has 31 heavy (non-hydrogen) atoms. The van der Waals surface area contributed by atoms with E-state index in [1.807, 2.05) is 0 Å². The Bertz CT molecular complexity index is 996. The molecule has 0 bridgehead atoms. The van der Waals surface area contributed by atoms with Crippen LogP contribution in [0.4, 0.5) is 5.69 Å². The summed E-state index contributed by atoms with van der Waals surface area (Å²) < 4.78 is 0. The largest absolute Gasteiger partial charge is 0.361 e. The zero-order chi connectivity index (χ0) is 22.4. The van der Waals surface area contributed by atoms with Crippen LogP contribution in [0.15, 0.2) is 42.6 Å². The first kappa shape index (κ1) is 23.3. The minimum absolute atomic E-state index is 0.799.